The fourth-order valence-corrected chi connectivity index (χ4v) is 3.71. The number of nitrogens with zero attached hydrogens (tertiary/aromatic N) is 4. The number of hydrogen-bond acceptors (Lipinski definition) is 8. The lowest BCUT2D eigenvalue weighted by Gasteiger charge is -2.31. The van der Waals surface area contributed by atoms with Gasteiger partial charge in [0.2, 0.25) is 5.75 Å². The Bertz CT molecular complexity index is 1100. The fourth-order valence-electron chi connectivity index (χ4n) is 3.71. The summed E-state index contributed by atoms with van der Waals surface area (Å²) >= 11 is 0. The molecule has 3 aromatic rings. The molecule has 0 aliphatic carbocycles. The average Bonchev–Trinajstić information content (AvgIpc) is 3.34. The van der Waals surface area contributed by atoms with Crippen molar-refractivity contribution in [3.8, 4) is 34.5 Å². The zero-order valence-corrected chi connectivity index (χ0v) is 18.5. The van der Waals surface area contributed by atoms with Crippen molar-refractivity contribution >= 4 is 5.91 Å². The predicted molar refractivity (Wildman–Crippen MR) is 115 cm³/mol. The zero-order chi connectivity index (χ0) is 23.4. The Kier molecular flexibility index (Phi) is 6.57. The summed E-state index contributed by atoms with van der Waals surface area (Å²) in [4.78, 5) is 22.4. The average molecular weight is 457 g/mol. The third kappa shape index (κ3) is 4.81. The monoisotopic (exact) mass is 457 g/mol. The first kappa shape index (κ1) is 22.3. The van der Waals surface area contributed by atoms with E-state index in [4.69, 9.17) is 18.9 Å². The molecule has 11 heteroatoms. The van der Waals surface area contributed by atoms with Gasteiger partial charge in [0.15, 0.2) is 17.3 Å². The van der Waals surface area contributed by atoms with Crippen molar-refractivity contribution in [3.63, 3.8) is 0 Å². The lowest BCUT2D eigenvalue weighted by atomic mass is 10.1. The highest BCUT2D eigenvalue weighted by atomic mass is 19.1. The maximum Gasteiger partial charge on any atom is 0.316 e. The van der Waals surface area contributed by atoms with E-state index >= 15 is 0 Å². The number of methoxy groups -OCH3 is 3. The van der Waals surface area contributed by atoms with Crippen LogP contribution in [0.2, 0.25) is 0 Å². The van der Waals surface area contributed by atoms with Gasteiger partial charge in [0.1, 0.15) is 11.8 Å². The number of aromatic amines is 1. The Hall–Kier alpha value is -3.89. The number of carbonyl (C=O) groups is 1. The van der Waals surface area contributed by atoms with Crippen molar-refractivity contribution in [1.82, 2.24) is 25.1 Å². The SMILES string of the molecule is COc1cc(-c2cc(C(=O)N3CCCC(Oc4ncc(F)cn4)C3)[nH]n2)cc(OC)c1OC. The second-order valence-electron chi connectivity index (χ2n) is 7.40. The van der Waals surface area contributed by atoms with Crippen LogP contribution in [0.1, 0.15) is 23.3 Å². The van der Waals surface area contributed by atoms with E-state index in [1.807, 2.05) is 0 Å². The van der Waals surface area contributed by atoms with Crippen LogP contribution < -0.4 is 18.9 Å². The number of ether oxygens (including phenoxy) is 4. The van der Waals surface area contributed by atoms with Crippen molar-refractivity contribution in [3.05, 3.63) is 42.1 Å². The lowest BCUT2D eigenvalue weighted by molar-refractivity contribution is 0.0510. The molecule has 1 atom stereocenters. The summed E-state index contributed by atoms with van der Waals surface area (Å²) in [5.74, 6) is 0.711. The number of aromatic nitrogens is 4. The first-order chi connectivity index (χ1) is 16.0. The molecule has 0 spiro atoms. The molecule has 1 saturated heterocycles. The molecule has 1 fully saturated rings. The summed E-state index contributed by atoms with van der Waals surface area (Å²) in [6.07, 6.45) is 3.30. The Morgan fingerprint density at radius 1 is 1.09 bits per heavy atom. The lowest BCUT2D eigenvalue weighted by Crippen LogP contribution is -2.44. The molecule has 1 N–H and O–H groups in total. The molecular formula is C22H24FN5O5. The van der Waals surface area contributed by atoms with Gasteiger partial charge >= 0.3 is 6.01 Å². The van der Waals surface area contributed by atoms with E-state index in [2.05, 4.69) is 20.2 Å². The largest absolute Gasteiger partial charge is 0.493 e. The molecule has 0 radical (unpaired) electrons. The maximum absolute atomic E-state index is 13.1. The van der Waals surface area contributed by atoms with Gasteiger partial charge in [0.05, 0.1) is 46.0 Å². The summed E-state index contributed by atoms with van der Waals surface area (Å²) in [7, 11) is 4.60. The Morgan fingerprint density at radius 2 is 1.79 bits per heavy atom. The van der Waals surface area contributed by atoms with Crippen molar-refractivity contribution in [2.45, 2.75) is 18.9 Å². The van der Waals surface area contributed by atoms with Crippen molar-refractivity contribution < 1.29 is 28.1 Å². The second kappa shape index (κ2) is 9.72. The molecule has 33 heavy (non-hydrogen) atoms. The normalized spacial score (nSPS) is 15.8. The molecule has 1 aromatic carbocycles. The van der Waals surface area contributed by atoms with Crippen LogP contribution in [0.15, 0.2) is 30.6 Å². The Balaban J connectivity index is 1.49. The minimum absolute atomic E-state index is 0.0851. The molecule has 0 bridgehead atoms. The summed E-state index contributed by atoms with van der Waals surface area (Å²) < 4.78 is 34.9. The highest BCUT2D eigenvalue weighted by Gasteiger charge is 2.27. The van der Waals surface area contributed by atoms with Crippen LogP contribution in [0.4, 0.5) is 4.39 Å². The molecule has 2 aromatic heterocycles. The standard InChI is InChI=1S/C22H24FN5O5/c1-30-18-7-13(8-19(31-2)20(18)32-3)16-9-17(27-26-16)21(29)28-6-4-5-15(12-28)33-22-24-10-14(23)11-25-22/h7-11,15H,4-6,12H2,1-3H3,(H,26,27). The number of rotatable bonds is 7. The van der Waals surface area contributed by atoms with E-state index in [-0.39, 0.29) is 18.0 Å². The quantitative estimate of drug-likeness (QED) is 0.577. The number of halogens is 1. The van der Waals surface area contributed by atoms with Crippen LogP contribution >= 0.6 is 0 Å². The molecule has 4 rings (SSSR count). The molecule has 1 amide bonds. The van der Waals surface area contributed by atoms with Crippen molar-refractivity contribution in [1.29, 1.82) is 0 Å². The van der Waals surface area contributed by atoms with Crippen LogP contribution in [-0.2, 0) is 0 Å². The number of hydrogen-bond donors (Lipinski definition) is 1. The number of nitrogens with one attached hydrogen (secondary N) is 1. The highest BCUT2D eigenvalue weighted by molar-refractivity contribution is 5.93. The van der Waals surface area contributed by atoms with Crippen LogP contribution in [-0.4, -0.2) is 71.5 Å². The number of carbonyl (C=O) groups excluding carboxylic acids is 1. The summed E-state index contributed by atoms with van der Waals surface area (Å²) in [6, 6.07) is 5.29. The topological polar surface area (TPSA) is 112 Å². The van der Waals surface area contributed by atoms with Crippen molar-refractivity contribution in [2.24, 2.45) is 0 Å². The van der Waals surface area contributed by atoms with Gasteiger partial charge in [-0.1, -0.05) is 0 Å². The number of benzene rings is 1. The van der Waals surface area contributed by atoms with Gasteiger partial charge in [-0.05, 0) is 31.0 Å². The molecule has 10 nitrogen and oxygen atoms in total. The van der Waals surface area contributed by atoms with Gasteiger partial charge < -0.3 is 23.8 Å². The third-order valence-corrected chi connectivity index (χ3v) is 5.30. The van der Waals surface area contributed by atoms with Crippen LogP contribution in [0.3, 0.4) is 0 Å². The number of amides is 1. The van der Waals surface area contributed by atoms with Crippen LogP contribution in [0.5, 0.6) is 23.3 Å². The minimum atomic E-state index is -0.537. The smallest absolute Gasteiger partial charge is 0.316 e. The number of piperidine rings is 1. The van der Waals surface area contributed by atoms with Gasteiger partial charge in [-0.15, -0.1) is 0 Å². The molecule has 1 aliphatic heterocycles. The maximum atomic E-state index is 13.1. The summed E-state index contributed by atoms with van der Waals surface area (Å²) in [6.45, 7) is 0.944. The molecule has 1 aliphatic rings. The fraction of sp³-hybridized carbons (Fsp3) is 0.364. The third-order valence-electron chi connectivity index (χ3n) is 5.30. The summed E-state index contributed by atoms with van der Waals surface area (Å²) in [5.41, 5.74) is 1.60. The van der Waals surface area contributed by atoms with E-state index < -0.39 is 5.82 Å². The van der Waals surface area contributed by atoms with Gasteiger partial charge in [0.25, 0.3) is 5.91 Å². The summed E-state index contributed by atoms with van der Waals surface area (Å²) in [5, 5.41) is 7.11. The second-order valence-corrected chi connectivity index (χ2v) is 7.40. The highest BCUT2D eigenvalue weighted by Crippen LogP contribution is 2.40. The van der Waals surface area contributed by atoms with Gasteiger partial charge in [-0.3, -0.25) is 9.89 Å². The van der Waals surface area contributed by atoms with E-state index in [1.165, 1.54) is 21.3 Å². The minimum Gasteiger partial charge on any atom is -0.493 e. The molecule has 3 heterocycles. The predicted octanol–water partition coefficient (Wildman–Crippen LogP) is 2.72. The van der Waals surface area contributed by atoms with Gasteiger partial charge in [0, 0.05) is 12.1 Å². The number of likely N-dealkylation sites (tertiary alicyclic amines) is 1. The molecular weight excluding hydrogens is 433 g/mol. The van der Waals surface area contributed by atoms with Gasteiger partial charge in [-0.2, -0.15) is 5.10 Å². The van der Waals surface area contributed by atoms with E-state index in [0.717, 1.165) is 25.2 Å². The first-order valence-electron chi connectivity index (χ1n) is 10.3. The molecule has 0 saturated carbocycles. The van der Waals surface area contributed by atoms with Gasteiger partial charge in [-0.25, -0.2) is 14.4 Å². The van der Waals surface area contributed by atoms with Crippen LogP contribution in [0, 0.1) is 5.82 Å². The Labute approximate surface area is 189 Å². The Morgan fingerprint density at radius 3 is 2.42 bits per heavy atom. The molecule has 174 valence electrons. The zero-order valence-electron chi connectivity index (χ0n) is 18.5. The van der Waals surface area contributed by atoms with E-state index in [0.29, 0.717) is 47.3 Å². The van der Waals surface area contributed by atoms with E-state index in [1.54, 1.807) is 23.1 Å². The van der Waals surface area contributed by atoms with Crippen molar-refractivity contribution in [2.75, 3.05) is 34.4 Å². The molecule has 1 unspecified atom stereocenters. The van der Waals surface area contributed by atoms with Crippen LogP contribution in [0.25, 0.3) is 11.3 Å². The first-order valence-corrected chi connectivity index (χ1v) is 10.3. The number of H-pyrrole nitrogens is 1. The van der Waals surface area contributed by atoms with E-state index in [9.17, 15) is 9.18 Å².